The molecule has 28 heavy (non-hydrogen) atoms. The first-order chi connectivity index (χ1) is 13.1. The summed E-state index contributed by atoms with van der Waals surface area (Å²) in [5, 5.41) is 12.7. The molecule has 0 unspecified atom stereocenters. The van der Waals surface area contributed by atoms with Crippen molar-refractivity contribution < 1.29 is 27.7 Å². The van der Waals surface area contributed by atoms with E-state index in [-0.39, 0.29) is 33.4 Å². The predicted molar refractivity (Wildman–Crippen MR) is 97.2 cm³/mol. The van der Waals surface area contributed by atoms with E-state index in [1.165, 1.54) is 18.2 Å². The van der Waals surface area contributed by atoms with Gasteiger partial charge in [-0.1, -0.05) is 6.07 Å². The number of benzene rings is 2. The fourth-order valence-electron chi connectivity index (χ4n) is 3.13. The first-order valence-electron chi connectivity index (χ1n) is 7.74. The van der Waals surface area contributed by atoms with Crippen molar-refractivity contribution in [3.63, 3.8) is 0 Å². The van der Waals surface area contributed by atoms with Gasteiger partial charge < -0.3 is 10.8 Å². The van der Waals surface area contributed by atoms with Crippen LogP contribution in [0.5, 0.6) is 5.75 Å². The molecule has 2 heterocycles. The number of fused-ring (bicyclic) bond motifs is 2. The highest BCUT2D eigenvalue weighted by Gasteiger charge is 2.31. The third-order valence-electron chi connectivity index (χ3n) is 4.40. The molecule has 4 rings (SSSR count). The monoisotopic (exact) mass is 401 g/mol. The van der Waals surface area contributed by atoms with Gasteiger partial charge in [-0.3, -0.25) is 28.8 Å². The molecule has 0 saturated heterocycles. The van der Waals surface area contributed by atoms with Gasteiger partial charge in [-0.05, 0) is 23.6 Å². The number of aromatic nitrogens is 1. The van der Waals surface area contributed by atoms with Crippen LogP contribution in [-0.2, 0) is 10.1 Å². The number of phenols is 1. The minimum atomic E-state index is -4.52. The van der Waals surface area contributed by atoms with Crippen LogP contribution in [0.1, 0.15) is 20.7 Å². The molecule has 1 aliphatic rings. The Balaban J connectivity index is 1.98. The average molecular weight is 401 g/mol. The van der Waals surface area contributed by atoms with E-state index in [4.69, 9.17) is 10.3 Å². The molecule has 5 N–H and O–H groups in total. The van der Waals surface area contributed by atoms with E-state index < -0.39 is 38.1 Å². The number of rotatable bonds is 2. The predicted octanol–water partition coefficient (Wildman–Crippen LogP) is 0.409. The van der Waals surface area contributed by atoms with Crippen LogP contribution in [0, 0.1) is 0 Å². The molecule has 0 bridgehead atoms. The van der Waals surface area contributed by atoms with E-state index in [0.717, 1.165) is 22.8 Å². The Bertz CT molecular complexity index is 1390. The molecule has 1 aliphatic heterocycles. The quantitative estimate of drug-likeness (QED) is 0.353. The summed E-state index contributed by atoms with van der Waals surface area (Å²) in [5.41, 5.74) is 5.22. The molecule has 2 amide bonds. The first kappa shape index (κ1) is 17.7. The lowest BCUT2D eigenvalue weighted by Crippen LogP contribution is -2.24. The zero-order valence-electron chi connectivity index (χ0n) is 13.8. The fourth-order valence-corrected chi connectivity index (χ4v) is 3.67. The van der Waals surface area contributed by atoms with Gasteiger partial charge in [-0.2, -0.15) is 8.42 Å². The van der Waals surface area contributed by atoms with Crippen molar-refractivity contribution in [2.24, 2.45) is 0 Å². The third kappa shape index (κ3) is 2.52. The Labute approximate surface area is 156 Å². The highest BCUT2D eigenvalue weighted by atomic mass is 32.2. The fraction of sp³-hybridized carbons (Fsp3) is 0. The molecule has 0 atom stereocenters. The van der Waals surface area contributed by atoms with Crippen molar-refractivity contribution in [3.05, 3.63) is 57.9 Å². The summed E-state index contributed by atoms with van der Waals surface area (Å²) < 4.78 is 32.7. The van der Waals surface area contributed by atoms with Crippen molar-refractivity contribution in [2.45, 2.75) is 4.90 Å². The Kier molecular flexibility index (Phi) is 3.57. The van der Waals surface area contributed by atoms with Gasteiger partial charge in [0.05, 0.1) is 21.7 Å². The number of nitrogens with two attached hydrogens (primary N) is 1. The standard InChI is InChI=1S/C17H11N3O7S/c18-15-14-11(16(23)19-17(14)24)6-13(22)20(15)8-2-1-7-3-9(28(25,26)27)5-12(21)10(7)4-8/h1-6,21H,18H2,(H,19,23,24)(H,25,26,27). The Hall–Kier alpha value is -3.70. The van der Waals surface area contributed by atoms with Gasteiger partial charge in [-0.15, -0.1) is 0 Å². The number of nitrogen functional groups attached to an aromatic ring is 1. The Morgan fingerprint density at radius 2 is 1.71 bits per heavy atom. The van der Waals surface area contributed by atoms with Gasteiger partial charge in [0.25, 0.3) is 27.5 Å². The molecule has 10 nitrogen and oxygen atoms in total. The maximum atomic E-state index is 12.5. The van der Waals surface area contributed by atoms with Crippen molar-refractivity contribution in [1.29, 1.82) is 0 Å². The molecule has 1 aromatic heterocycles. The van der Waals surface area contributed by atoms with E-state index in [0.29, 0.717) is 0 Å². The van der Waals surface area contributed by atoms with Crippen LogP contribution in [0.2, 0.25) is 0 Å². The molecule has 142 valence electrons. The van der Waals surface area contributed by atoms with E-state index in [1.54, 1.807) is 0 Å². The number of nitrogens with one attached hydrogen (secondary N) is 1. The van der Waals surface area contributed by atoms with Crippen molar-refractivity contribution >= 4 is 38.5 Å². The number of imide groups is 1. The zero-order valence-corrected chi connectivity index (χ0v) is 14.6. The van der Waals surface area contributed by atoms with Crippen molar-refractivity contribution in [2.75, 3.05) is 5.73 Å². The highest BCUT2D eigenvalue weighted by molar-refractivity contribution is 7.85. The topological polar surface area (TPSA) is 169 Å². The molecule has 0 fully saturated rings. The molecule has 0 aliphatic carbocycles. The molecule has 0 radical (unpaired) electrons. The van der Waals surface area contributed by atoms with Crippen LogP contribution < -0.4 is 16.6 Å². The van der Waals surface area contributed by atoms with E-state index in [2.05, 4.69) is 5.32 Å². The minimum absolute atomic E-state index is 0.120. The van der Waals surface area contributed by atoms with Gasteiger partial charge in [0.1, 0.15) is 11.6 Å². The second-order valence-corrected chi connectivity index (χ2v) is 7.52. The van der Waals surface area contributed by atoms with E-state index in [9.17, 15) is 27.9 Å². The van der Waals surface area contributed by atoms with Crippen LogP contribution in [-0.4, -0.2) is 34.5 Å². The van der Waals surface area contributed by atoms with Gasteiger partial charge in [-0.25, -0.2) is 0 Å². The first-order valence-corrected chi connectivity index (χ1v) is 9.18. The van der Waals surface area contributed by atoms with Crippen LogP contribution in [0.15, 0.2) is 46.1 Å². The molecule has 0 spiro atoms. The lowest BCUT2D eigenvalue weighted by atomic mass is 10.1. The largest absolute Gasteiger partial charge is 0.507 e. The molecule has 3 aromatic rings. The van der Waals surface area contributed by atoms with Crippen LogP contribution in [0.4, 0.5) is 5.82 Å². The van der Waals surface area contributed by atoms with Gasteiger partial charge in [0.15, 0.2) is 0 Å². The summed E-state index contributed by atoms with van der Waals surface area (Å²) in [6, 6.07) is 7.17. The highest BCUT2D eigenvalue weighted by Crippen LogP contribution is 2.31. The normalized spacial score (nSPS) is 13.6. The summed E-state index contributed by atoms with van der Waals surface area (Å²) in [6.07, 6.45) is 0. The molecular formula is C17H11N3O7S. The number of nitrogens with zero attached hydrogens (tertiary/aromatic N) is 1. The van der Waals surface area contributed by atoms with Crippen molar-refractivity contribution in [3.8, 4) is 11.4 Å². The Morgan fingerprint density at radius 1 is 1.00 bits per heavy atom. The number of aromatic hydroxyl groups is 1. The summed E-state index contributed by atoms with van der Waals surface area (Å²) in [6.45, 7) is 0. The van der Waals surface area contributed by atoms with Gasteiger partial charge in [0.2, 0.25) is 0 Å². The lowest BCUT2D eigenvalue weighted by molar-refractivity contribution is 0.0880. The lowest BCUT2D eigenvalue weighted by Gasteiger charge is -2.13. The number of carbonyl (C=O) groups is 2. The number of anilines is 1. The smallest absolute Gasteiger partial charge is 0.294 e. The molecule has 11 heteroatoms. The maximum absolute atomic E-state index is 12.5. The van der Waals surface area contributed by atoms with Crippen LogP contribution in [0.25, 0.3) is 16.5 Å². The zero-order chi connectivity index (χ0) is 20.4. The summed E-state index contributed by atoms with van der Waals surface area (Å²) in [5.74, 6) is -2.15. The van der Waals surface area contributed by atoms with E-state index >= 15 is 0 Å². The molecule has 0 saturated carbocycles. The number of hydrogen-bond donors (Lipinski definition) is 4. The summed E-state index contributed by atoms with van der Waals surface area (Å²) in [7, 11) is -4.52. The second-order valence-electron chi connectivity index (χ2n) is 6.10. The molecular weight excluding hydrogens is 390 g/mol. The third-order valence-corrected chi connectivity index (χ3v) is 5.23. The van der Waals surface area contributed by atoms with Crippen molar-refractivity contribution in [1.82, 2.24) is 9.88 Å². The average Bonchev–Trinajstić information content (AvgIpc) is 2.88. The Morgan fingerprint density at radius 3 is 2.39 bits per heavy atom. The number of hydrogen-bond acceptors (Lipinski definition) is 7. The van der Waals surface area contributed by atoms with Crippen LogP contribution in [0.3, 0.4) is 0 Å². The minimum Gasteiger partial charge on any atom is -0.507 e. The van der Waals surface area contributed by atoms with Crippen LogP contribution >= 0.6 is 0 Å². The summed E-state index contributed by atoms with van der Waals surface area (Å²) in [4.78, 5) is 35.6. The molecule has 2 aromatic carbocycles. The van der Waals surface area contributed by atoms with E-state index in [1.807, 2.05) is 0 Å². The number of amides is 2. The SMILES string of the molecule is Nc1c2c(cc(=O)n1-c1ccc3cc(S(=O)(=O)O)cc(O)c3c1)C(=O)NC2=O. The number of carbonyl (C=O) groups excluding carboxylic acids is 2. The number of pyridine rings is 1. The van der Waals surface area contributed by atoms with Gasteiger partial charge >= 0.3 is 0 Å². The number of phenolic OH excluding ortho intramolecular Hbond substituents is 1. The maximum Gasteiger partial charge on any atom is 0.294 e. The second kappa shape index (κ2) is 5.65. The summed E-state index contributed by atoms with van der Waals surface area (Å²) >= 11 is 0. The van der Waals surface area contributed by atoms with Gasteiger partial charge in [0, 0.05) is 17.5 Å².